The summed E-state index contributed by atoms with van der Waals surface area (Å²) in [6, 6.07) is 2.37. The molecule has 1 aromatic heterocycles. The first kappa shape index (κ1) is 18.7. The van der Waals surface area contributed by atoms with Crippen LogP contribution in [0.25, 0.3) is 0 Å². The highest BCUT2D eigenvalue weighted by molar-refractivity contribution is 5.43. The molecule has 0 bridgehead atoms. The van der Waals surface area contributed by atoms with Crippen LogP contribution in [-0.4, -0.2) is 62.7 Å². The second kappa shape index (κ2) is 6.88. The third-order valence-corrected chi connectivity index (χ3v) is 7.16. The number of β-amino-alcohol motifs (C(OH)–C–C–N with tert-alkyl or cyclic N) is 1. The van der Waals surface area contributed by atoms with Crippen LogP contribution in [0.15, 0.2) is 12.4 Å². The second-order valence-corrected chi connectivity index (χ2v) is 9.29. The van der Waals surface area contributed by atoms with Crippen molar-refractivity contribution in [3.63, 3.8) is 0 Å². The predicted octanol–water partition coefficient (Wildman–Crippen LogP) is 0.662. The van der Waals surface area contributed by atoms with E-state index in [4.69, 9.17) is 4.74 Å². The number of anilines is 1. The highest BCUT2D eigenvalue weighted by atomic mass is 16.5. The first-order valence-corrected chi connectivity index (χ1v) is 10.6. The number of aromatic nitrogens is 2. The van der Waals surface area contributed by atoms with Crippen LogP contribution in [-0.2, 0) is 4.74 Å². The van der Waals surface area contributed by atoms with E-state index in [-0.39, 0.29) is 17.7 Å². The molecular formula is C20H31N5O3. The molecule has 0 radical (unpaired) electrons. The maximum Gasteiger partial charge on any atom is 0.132 e. The molecule has 154 valence electrons. The molecule has 3 heterocycles. The van der Waals surface area contributed by atoms with Crippen molar-refractivity contribution in [2.24, 2.45) is 5.92 Å². The SMILES string of the molecule is C[C@H]1[C@H](O)[C@@H](O)CN1c1cc(C2NNC3CCC(OC4(C)CC4)CC32)ncn1. The Bertz CT molecular complexity index is 730. The van der Waals surface area contributed by atoms with E-state index in [9.17, 15) is 10.2 Å². The van der Waals surface area contributed by atoms with Crippen LogP contribution < -0.4 is 15.8 Å². The van der Waals surface area contributed by atoms with Crippen molar-refractivity contribution in [2.45, 2.75) is 88.0 Å². The Hall–Kier alpha value is -1.32. The van der Waals surface area contributed by atoms with Gasteiger partial charge in [-0.25, -0.2) is 15.4 Å². The fraction of sp³-hybridized carbons (Fsp3) is 0.800. The van der Waals surface area contributed by atoms with E-state index in [2.05, 4.69) is 27.7 Å². The monoisotopic (exact) mass is 389 g/mol. The number of ether oxygens (including phenoxy) is 1. The minimum absolute atomic E-state index is 0.109. The summed E-state index contributed by atoms with van der Waals surface area (Å²) >= 11 is 0. The van der Waals surface area contributed by atoms with E-state index in [1.54, 1.807) is 6.33 Å². The lowest BCUT2D eigenvalue weighted by atomic mass is 9.79. The van der Waals surface area contributed by atoms with Crippen LogP contribution in [0.5, 0.6) is 0 Å². The average molecular weight is 390 g/mol. The fourth-order valence-corrected chi connectivity index (χ4v) is 5.09. The van der Waals surface area contributed by atoms with Gasteiger partial charge in [-0.05, 0) is 46.0 Å². The first-order valence-electron chi connectivity index (χ1n) is 10.6. The lowest BCUT2D eigenvalue weighted by Gasteiger charge is -2.34. The number of hydrazine groups is 1. The Morgan fingerprint density at radius 1 is 1.21 bits per heavy atom. The number of hydrogen-bond acceptors (Lipinski definition) is 8. The topological polar surface area (TPSA) is 103 Å². The van der Waals surface area contributed by atoms with Gasteiger partial charge in [0.05, 0.1) is 35.6 Å². The van der Waals surface area contributed by atoms with Crippen LogP contribution >= 0.6 is 0 Å². The van der Waals surface area contributed by atoms with Gasteiger partial charge in [0.1, 0.15) is 18.2 Å². The molecule has 2 saturated carbocycles. The number of fused-ring (bicyclic) bond motifs is 1. The zero-order chi connectivity index (χ0) is 19.5. The third kappa shape index (κ3) is 3.31. The first-order chi connectivity index (χ1) is 13.4. The Kier molecular flexibility index (Phi) is 4.59. The van der Waals surface area contributed by atoms with Gasteiger partial charge >= 0.3 is 0 Å². The number of rotatable bonds is 4. The number of nitrogens with one attached hydrogen (secondary N) is 2. The molecule has 7 atom stereocenters. The molecule has 28 heavy (non-hydrogen) atoms. The van der Waals surface area contributed by atoms with Gasteiger partial charge in [0.15, 0.2) is 0 Å². The number of hydrogen-bond donors (Lipinski definition) is 4. The smallest absolute Gasteiger partial charge is 0.132 e. The molecule has 0 aromatic carbocycles. The van der Waals surface area contributed by atoms with Crippen LogP contribution in [0.2, 0.25) is 0 Å². The van der Waals surface area contributed by atoms with E-state index < -0.39 is 12.2 Å². The second-order valence-electron chi connectivity index (χ2n) is 9.29. The molecule has 4 aliphatic rings. The van der Waals surface area contributed by atoms with Gasteiger partial charge in [-0.1, -0.05) is 0 Å². The lowest BCUT2D eigenvalue weighted by molar-refractivity contribution is -0.0500. The van der Waals surface area contributed by atoms with Gasteiger partial charge in [-0.2, -0.15) is 0 Å². The Balaban J connectivity index is 1.33. The quantitative estimate of drug-likeness (QED) is 0.596. The van der Waals surface area contributed by atoms with Crippen LogP contribution in [0, 0.1) is 5.92 Å². The van der Waals surface area contributed by atoms with Crippen LogP contribution in [0.4, 0.5) is 5.82 Å². The van der Waals surface area contributed by atoms with Crippen molar-refractivity contribution < 1.29 is 14.9 Å². The van der Waals surface area contributed by atoms with Gasteiger partial charge in [-0.3, -0.25) is 5.43 Å². The summed E-state index contributed by atoms with van der Waals surface area (Å²) in [5.74, 6) is 1.18. The molecule has 8 nitrogen and oxygen atoms in total. The van der Waals surface area contributed by atoms with Gasteiger partial charge in [0.2, 0.25) is 0 Å². The standard InChI is InChI=1S/C20H31N5O3/c1-11-19(27)16(26)9-25(11)17-8-15(21-10-22-17)18-13-7-12(28-20(2)5-6-20)3-4-14(13)23-24-18/h8,10-14,16,18-19,23-24,26-27H,3-7,9H2,1-2H3/t11-,12?,13?,14?,16-,18?,19-/m0/s1. The molecule has 0 amide bonds. The summed E-state index contributed by atoms with van der Waals surface area (Å²) in [5.41, 5.74) is 7.97. The number of nitrogens with zero attached hydrogens (tertiary/aromatic N) is 3. The maximum atomic E-state index is 10.1. The number of aliphatic hydroxyl groups excluding tert-OH is 2. The highest BCUT2D eigenvalue weighted by Gasteiger charge is 2.46. The molecule has 4 fully saturated rings. The Morgan fingerprint density at radius 2 is 2.04 bits per heavy atom. The average Bonchev–Trinajstić information content (AvgIpc) is 3.17. The maximum absolute atomic E-state index is 10.1. The summed E-state index contributed by atoms with van der Waals surface area (Å²) in [4.78, 5) is 10.9. The molecule has 1 aromatic rings. The molecule has 8 heteroatoms. The molecule has 2 aliphatic carbocycles. The summed E-state index contributed by atoms with van der Waals surface area (Å²) in [7, 11) is 0. The van der Waals surface area contributed by atoms with Crippen molar-refractivity contribution in [1.29, 1.82) is 0 Å². The Morgan fingerprint density at radius 3 is 2.75 bits per heavy atom. The lowest BCUT2D eigenvalue weighted by Crippen LogP contribution is -2.38. The van der Waals surface area contributed by atoms with E-state index >= 15 is 0 Å². The van der Waals surface area contributed by atoms with Gasteiger partial charge < -0.3 is 19.8 Å². The molecule has 5 rings (SSSR count). The molecular weight excluding hydrogens is 358 g/mol. The summed E-state index contributed by atoms with van der Waals surface area (Å²) in [6.07, 6.45) is 6.01. The van der Waals surface area contributed by atoms with E-state index in [0.29, 0.717) is 24.6 Å². The van der Waals surface area contributed by atoms with Gasteiger partial charge in [0.25, 0.3) is 0 Å². The minimum atomic E-state index is -0.755. The van der Waals surface area contributed by atoms with Crippen LogP contribution in [0.3, 0.4) is 0 Å². The summed E-state index contributed by atoms with van der Waals surface area (Å²) < 4.78 is 6.37. The molecule has 4 unspecified atom stereocenters. The Labute approximate surface area is 165 Å². The van der Waals surface area contributed by atoms with Crippen molar-refractivity contribution in [1.82, 2.24) is 20.8 Å². The van der Waals surface area contributed by atoms with Gasteiger partial charge in [-0.15, -0.1) is 0 Å². The third-order valence-electron chi connectivity index (χ3n) is 7.16. The largest absolute Gasteiger partial charge is 0.388 e. The molecule has 0 spiro atoms. The van der Waals surface area contributed by atoms with Crippen molar-refractivity contribution in [2.75, 3.05) is 11.4 Å². The van der Waals surface area contributed by atoms with Crippen molar-refractivity contribution in [3.05, 3.63) is 18.1 Å². The minimum Gasteiger partial charge on any atom is -0.388 e. The highest BCUT2D eigenvalue weighted by Crippen LogP contribution is 2.45. The van der Waals surface area contributed by atoms with E-state index in [1.165, 1.54) is 12.8 Å². The van der Waals surface area contributed by atoms with E-state index in [1.807, 2.05) is 17.9 Å². The predicted molar refractivity (Wildman–Crippen MR) is 104 cm³/mol. The van der Waals surface area contributed by atoms with Crippen LogP contribution in [0.1, 0.15) is 57.7 Å². The normalized spacial score (nSPS) is 41.9. The molecule has 2 saturated heterocycles. The zero-order valence-corrected chi connectivity index (χ0v) is 16.6. The van der Waals surface area contributed by atoms with E-state index in [0.717, 1.165) is 30.8 Å². The molecule has 4 N–H and O–H groups in total. The van der Waals surface area contributed by atoms with Crippen molar-refractivity contribution >= 4 is 5.82 Å². The molecule has 2 aliphatic heterocycles. The summed E-state index contributed by atoms with van der Waals surface area (Å²) in [5, 5.41) is 20.1. The van der Waals surface area contributed by atoms with Gasteiger partial charge in [0, 0.05) is 24.6 Å². The number of aliphatic hydroxyl groups is 2. The fourth-order valence-electron chi connectivity index (χ4n) is 5.09. The zero-order valence-electron chi connectivity index (χ0n) is 16.6. The summed E-state index contributed by atoms with van der Waals surface area (Å²) in [6.45, 7) is 4.52. The van der Waals surface area contributed by atoms with Crippen molar-refractivity contribution in [3.8, 4) is 0 Å².